The Morgan fingerprint density at radius 1 is 1.17 bits per heavy atom. The molecule has 2 heterocycles. The molecule has 2 aromatic carbocycles. The van der Waals surface area contributed by atoms with E-state index < -0.39 is 5.91 Å². The lowest BCUT2D eigenvalue weighted by Gasteiger charge is -2.07. The minimum atomic E-state index is -0.440. The number of hydrogen-bond acceptors (Lipinski definition) is 6. The molecule has 0 unspecified atom stereocenters. The molecule has 0 radical (unpaired) electrons. The smallest absolute Gasteiger partial charge is 0.248 e. The number of benzene rings is 2. The number of anilines is 2. The Labute approximate surface area is 178 Å². The fraction of sp³-hybridized carbons (Fsp3) is 0.0870. The molecule has 0 spiro atoms. The highest BCUT2D eigenvalue weighted by atomic mass is 32.1. The number of hydrogen-bond donors (Lipinski definition) is 2. The number of primary amides is 1. The number of allylic oxidation sites excluding steroid dienone is 1. The van der Waals surface area contributed by atoms with Crippen molar-refractivity contribution in [3.63, 3.8) is 0 Å². The summed E-state index contributed by atoms with van der Waals surface area (Å²) >= 11 is 1.52. The summed E-state index contributed by atoms with van der Waals surface area (Å²) in [5.74, 6) is 0.329. The predicted octanol–water partition coefficient (Wildman–Crippen LogP) is 4.90. The molecule has 3 N–H and O–H groups in total. The molecule has 7 heteroatoms. The van der Waals surface area contributed by atoms with E-state index in [0.29, 0.717) is 12.2 Å². The molecule has 0 atom stereocenters. The highest BCUT2D eigenvalue weighted by molar-refractivity contribution is 7.22. The largest absolute Gasteiger partial charge is 0.487 e. The zero-order chi connectivity index (χ0) is 20.9. The Balaban J connectivity index is 1.45. The number of nitrogens with two attached hydrogens (primary N) is 1. The molecule has 6 nitrogen and oxygen atoms in total. The first-order chi connectivity index (χ1) is 14.6. The van der Waals surface area contributed by atoms with Crippen LogP contribution in [0.3, 0.4) is 0 Å². The van der Waals surface area contributed by atoms with Gasteiger partial charge < -0.3 is 15.8 Å². The van der Waals surface area contributed by atoms with Crippen LogP contribution in [0.4, 0.5) is 10.8 Å². The van der Waals surface area contributed by atoms with Crippen LogP contribution in [0.15, 0.2) is 72.9 Å². The van der Waals surface area contributed by atoms with E-state index in [1.165, 1.54) is 11.3 Å². The first kappa shape index (κ1) is 19.6. The van der Waals surface area contributed by atoms with E-state index in [0.717, 1.165) is 38.0 Å². The Hall–Kier alpha value is -3.71. The summed E-state index contributed by atoms with van der Waals surface area (Å²) in [6.45, 7) is 2.22. The summed E-state index contributed by atoms with van der Waals surface area (Å²) in [5, 5.41) is 4.08. The number of amides is 1. The van der Waals surface area contributed by atoms with Crippen LogP contribution in [0.2, 0.25) is 0 Å². The number of ether oxygens (including phenoxy) is 1. The number of pyridine rings is 1. The summed E-state index contributed by atoms with van der Waals surface area (Å²) in [4.78, 5) is 20.4. The minimum Gasteiger partial charge on any atom is -0.487 e. The third kappa shape index (κ3) is 4.47. The van der Waals surface area contributed by atoms with Crippen LogP contribution in [-0.2, 0) is 11.4 Å². The van der Waals surface area contributed by atoms with Crippen LogP contribution < -0.4 is 15.8 Å². The SMILES string of the molecule is CC=C(C(N)=O)c1ccc2nc(Nc3ccc(OCc4ccccn4)cc3)sc2c1. The lowest BCUT2D eigenvalue weighted by Crippen LogP contribution is -2.12. The quantitative estimate of drug-likeness (QED) is 0.418. The van der Waals surface area contributed by atoms with Gasteiger partial charge in [0.1, 0.15) is 12.4 Å². The maximum absolute atomic E-state index is 11.6. The Morgan fingerprint density at radius 2 is 2.00 bits per heavy atom. The summed E-state index contributed by atoms with van der Waals surface area (Å²) in [5.41, 5.74) is 9.40. The zero-order valence-electron chi connectivity index (χ0n) is 16.3. The van der Waals surface area contributed by atoms with Crippen LogP contribution in [-0.4, -0.2) is 15.9 Å². The van der Waals surface area contributed by atoms with Crippen LogP contribution in [0.5, 0.6) is 5.75 Å². The third-order valence-electron chi connectivity index (χ3n) is 4.47. The van der Waals surface area contributed by atoms with Gasteiger partial charge in [0.05, 0.1) is 15.9 Å². The van der Waals surface area contributed by atoms with E-state index in [1.54, 1.807) is 19.2 Å². The molecule has 0 aliphatic rings. The van der Waals surface area contributed by atoms with E-state index in [-0.39, 0.29) is 0 Å². The van der Waals surface area contributed by atoms with Gasteiger partial charge in [-0.1, -0.05) is 29.5 Å². The van der Waals surface area contributed by atoms with Crippen molar-refractivity contribution in [1.29, 1.82) is 0 Å². The number of fused-ring (bicyclic) bond motifs is 1. The molecule has 4 aromatic rings. The molecular weight excluding hydrogens is 396 g/mol. The fourth-order valence-corrected chi connectivity index (χ4v) is 3.92. The van der Waals surface area contributed by atoms with Crippen molar-refractivity contribution in [2.75, 3.05) is 5.32 Å². The van der Waals surface area contributed by atoms with Gasteiger partial charge in [-0.15, -0.1) is 0 Å². The number of aromatic nitrogens is 2. The first-order valence-corrected chi connectivity index (χ1v) is 10.2. The zero-order valence-corrected chi connectivity index (χ0v) is 17.1. The topological polar surface area (TPSA) is 90.1 Å². The maximum Gasteiger partial charge on any atom is 0.248 e. The maximum atomic E-state index is 11.6. The van der Waals surface area contributed by atoms with Crippen LogP contribution in [0, 0.1) is 0 Å². The molecule has 0 bridgehead atoms. The van der Waals surface area contributed by atoms with Crippen LogP contribution in [0.25, 0.3) is 15.8 Å². The van der Waals surface area contributed by atoms with E-state index in [1.807, 2.05) is 60.7 Å². The van der Waals surface area contributed by atoms with E-state index >= 15 is 0 Å². The van der Waals surface area contributed by atoms with Crippen LogP contribution in [0.1, 0.15) is 18.2 Å². The van der Waals surface area contributed by atoms with Crippen molar-refractivity contribution in [2.24, 2.45) is 5.73 Å². The molecule has 0 fully saturated rings. The lowest BCUT2D eigenvalue weighted by atomic mass is 10.1. The Kier molecular flexibility index (Phi) is 5.72. The molecule has 2 aromatic heterocycles. The predicted molar refractivity (Wildman–Crippen MR) is 121 cm³/mol. The fourth-order valence-electron chi connectivity index (χ4n) is 3.00. The number of carbonyl (C=O) groups excluding carboxylic acids is 1. The van der Waals surface area contributed by atoms with Gasteiger partial charge in [-0.05, 0) is 61.0 Å². The second-order valence-corrected chi connectivity index (χ2v) is 7.56. The number of nitrogens with one attached hydrogen (secondary N) is 1. The average Bonchev–Trinajstić information content (AvgIpc) is 3.16. The lowest BCUT2D eigenvalue weighted by molar-refractivity contribution is -0.112. The number of carbonyl (C=O) groups is 1. The van der Waals surface area contributed by atoms with Gasteiger partial charge in [0.15, 0.2) is 5.13 Å². The highest BCUT2D eigenvalue weighted by Crippen LogP contribution is 2.31. The standard InChI is InChI=1S/C23H20N4O2S/c1-2-19(22(24)28)15-6-11-20-21(13-15)30-23(27-20)26-16-7-9-18(10-8-16)29-14-17-5-3-4-12-25-17/h2-13H,14H2,1H3,(H2,24,28)(H,26,27). The van der Waals surface area contributed by atoms with Crippen molar-refractivity contribution < 1.29 is 9.53 Å². The van der Waals surface area contributed by atoms with Gasteiger partial charge >= 0.3 is 0 Å². The molecule has 0 aliphatic heterocycles. The van der Waals surface area contributed by atoms with Crippen molar-refractivity contribution in [2.45, 2.75) is 13.5 Å². The molecule has 0 aliphatic carbocycles. The first-order valence-electron chi connectivity index (χ1n) is 9.39. The van der Waals surface area contributed by atoms with Gasteiger partial charge in [-0.2, -0.15) is 0 Å². The van der Waals surface area contributed by atoms with Gasteiger partial charge in [-0.25, -0.2) is 4.98 Å². The summed E-state index contributed by atoms with van der Waals surface area (Å²) in [6.07, 6.45) is 3.47. The second-order valence-electron chi connectivity index (χ2n) is 6.53. The van der Waals surface area contributed by atoms with Crippen molar-refractivity contribution >= 4 is 43.9 Å². The second kappa shape index (κ2) is 8.75. The van der Waals surface area contributed by atoms with Crippen molar-refractivity contribution in [1.82, 2.24) is 9.97 Å². The van der Waals surface area contributed by atoms with E-state index in [4.69, 9.17) is 10.5 Å². The molecular formula is C23H20N4O2S. The van der Waals surface area contributed by atoms with Gasteiger partial charge in [0.25, 0.3) is 0 Å². The summed E-state index contributed by atoms with van der Waals surface area (Å²) < 4.78 is 6.74. The van der Waals surface area contributed by atoms with Crippen molar-refractivity contribution in [3.8, 4) is 5.75 Å². The average molecular weight is 417 g/mol. The minimum absolute atomic E-state index is 0.424. The molecule has 0 saturated heterocycles. The molecule has 30 heavy (non-hydrogen) atoms. The van der Waals surface area contributed by atoms with Gasteiger partial charge in [-0.3, -0.25) is 9.78 Å². The Morgan fingerprint density at radius 3 is 2.70 bits per heavy atom. The number of rotatable bonds is 7. The number of thiazole rings is 1. The van der Waals surface area contributed by atoms with E-state index in [2.05, 4.69) is 15.3 Å². The Bertz CT molecular complexity index is 1200. The normalized spacial score (nSPS) is 11.4. The van der Waals surface area contributed by atoms with Gasteiger partial charge in [0, 0.05) is 17.5 Å². The van der Waals surface area contributed by atoms with Crippen molar-refractivity contribution in [3.05, 3.63) is 84.2 Å². The highest BCUT2D eigenvalue weighted by Gasteiger charge is 2.10. The monoisotopic (exact) mass is 416 g/mol. The molecule has 1 amide bonds. The molecule has 4 rings (SSSR count). The molecule has 150 valence electrons. The third-order valence-corrected chi connectivity index (χ3v) is 5.41. The number of nitrogens with zero attached hydrogens (tertiary/aromatic N) is 2. The van der Waals surface area contributed by atoms with Gasteiger partial charge in [0.2, 0.25) is 5.91 Å². The summed E-state index contributed by atoms with van der Waals surface area (Å²) in [7, 11) is 0. The molecule has 0 saturated carbocycles. The van der Waals surface area contributed by atoms with E-state index in [9.17, 15) is 4.79 Å². The summed E-state index contributed by atoms with van der Waals surface area (Å²) in [6, 6.07) is 19.1. The van der Waals surface area contributed by atoms with Crippen LogP contribution >= 0.6 is 11.3 Å².